The van der Waals surface area contributed by atoms with Crippen molar-refractivity contribution in [3.05, 3.63) is 41.5 Å². The zero-order chi connectivity index (χ0) is 16.8. The molecule has 0 unspecified atom stereocenters. The average molecular weight is 299 g/mol. The zero-order valence-corrected chi connectivity index (χ0v) is 13.4. The predicted octanol–water partition coefficient (Wildman–Crippen LogP) is 1.94. The fourth-order valence-corrected chi connectivity index (χ4v) is 1.71. The van der Waals surface area contributed by atoms with E-state index in [-0.39, 0.29) is 23.9 Å². The molecule has 0 saturated carbocycles. The number of rotatable bonds is 4. The number of benzene rings is 1. The topological polar surface area (TPSA) is 73.2 Å². The third-order valence-electron chi connectivity index (χ3n) is 2.73. The molecule has 0 aliphatic rings. The predicted molar refractivity (Wildman–Crippen MR) is 85.7 cm³/mol. The lowest BCUT2D eigenvalue weighted by Crippen LogP contribution is -2.46. The molecule has 5 nitrogen and oxygen atoms in total. The van der Waals surface area contributed by atoms with Crippen LogP contribution in [0.25, 0.3) is 6.08 Å². The van der Waals surface area contributed by atoms with Gasteiger partial charge in [0, 0.05) is 18.7 Å². The number of carbonyl (C=O) groups is 2. The van der Waals surface area contributed by atoms with Gasteiger partial charge in [-0.05, 0) is 44.5 Å². The highest BCUT2D eigenvalue weighted by molar-refractivity contribution is 5.94. The number of nitrogens with one attached hydrogen (secondary N) is 1. The molecule has 0 aromatic heterocycles. The first-order valence-electron chi connectivity index (χ1n) is 6.95. The van der Waals surface area contributed by atoms with Gasteiger partial charge in [-0.15, -0.1) is 0 Å². The second kappa shape index (κ2) is 7.41. The van der Waals surface area contributed by atoms with Crippen molar-refractivity contribution in [2.75, 3.05) is 13.6 Å². The molecule has 2 amide bonds. The van der Waals surface area contributed by atoms with Gasteiger partial charge in [-0.3, -0.25) is 9.59 Å². The maximum atomic E-state index is 11.9. The Labute approximate surface area is 131 Å². The summed E-state index contributed by atoms with van der Waals surface area (Å²) >= 11 is 0. The van der Waals surface area contributed by atoms with Crippen molar-refractivity contribution in [1.29, 1.82) is 5.26 Å². The first kappa shape index (κ1) is 17.4. The summed E-state index contributed by atoms with van der Waals surface area (Å²) in [4.78, 5) is 25.1. The second-order valence-electron chi connectivity index (χ2n) is 6.06. The molecule has 0 atom stereocenters. The minimum atomic E-state index is -0.320. The van der Waals surface area contributed by atoms with Crippen molar-refractivity contribution in [2.24, 2.45) is 0 Å². The number of hydrogen-bond acceptors (Lipinski definition) is 3. The lowest BCUT2D eigenvalue weighted by Gasteiger charge is -2.22. The van der Waals surface area contributed by atoms with Crippen molar-refractivity contribution in [2.45, 2.75) is 26.3 Å². The minimum Gasteiger partial charge on any atom is -0.350 e. The highest BCUT2D eigenvalue weighted by Crippen LogP contribution is 2.05. The molecule has 1 rings (SSSR count). The van der Waals surface area contributed by atoms with Crippen LogP contribution < -0.4 is 5.32 Å². The Bertz CT molecular complexity index is 604. The summed E-state index contributed by atoms with van der Waals surface area (Å²) in [7, 11) is 1.58. The van der Waals surface area contributed by atoms with Crippen molar-refractivity contribution in [3.8, 4) is 6.07 Å². The third-order valence-corrected chi connectivity index (χ3v) is 2.73. The van der Waals surface area contributed by atoms with Gasteiger partial charge in [-0.1, -0.05) is 12.1 Å². The highest BCUT2D eigenvalue weighted by atomic mass is 16.2. The highest BCUT2D eigenvalue weighted by Gasteiger charge is 2.16. The molecule has 0 heterocycles. The number of carbonyl (C=O) groups excluding carboxylic acids is 2. The van der Waals surface area contributed by atoms with E-state index in [2.05, 4.69) is 5.32 Å². The van der Waals surface area contributed by atoms with Crippen LogP contribution in [-0.2, 0) is 9.59 Å². The van der Waals surface area contributed by atoms with E-state index in [1.165, 1.54) is 11.0 Å². The van der Waals surface area contributed by atoms with E-state index in [9.17, 15) is 9.59 Å². The zero-order valence-electron chi connectivity index (χ0n) is 13.4. The van der Waals surface area contributed by atoms with Gasteiger partial charge in [0.05, 0.1) is 18.2 Å². The molecule has 0 spiro atoms. The third kappa shape index (κ3) is 6.23. The SMILES string of the molecule is CN(CC(=O)NC(C)(C)C)C(=O)/C=C/c1ccc(C#N)cc1. The molecule has 1 N–H and O–H groups in total. The molecule has 0 aliphatic heterocycles. The van der Waals surface area contributed by atoms with Gasteiger partial charge < -0.3 is 10.2 Å². The Kier molecular flexibility index (Phi) is 5.88. The summed E-state index contributed by atoms with van der Waals surface area (Å²) in [5, 5.41) is 11.5. The Balaban J connectivity index is 2.58. The normalized spacial score (nSPS) is 11.0. The van der Waals surface area contributed by atoms with Crippen LogP contribution in [0.5, 0.6) is 0 Å². The second-order valence-corrected chi connectivity index (χ2v) is 6.06. The molecule has 0 bridgehead atoms. The van der Waals surface area contributed by atoms with Gasteiger partial charge in [-0.25, -0.2) is 0 Å². The Morgan fingerprint density at radius 2 is 1.86 bits per heavy atom. The Hall–Kier alpha value is -2.61. The van der Waals surface area contributed by atoms with Gasteiger partial charge in [-0.2, -0.15) is 5.26 Å². The molecule has 1 aromatic carbocycles. The van der Waals surface area contributed by atoms with Crippen LogP contribution >= 0.6 is 0 Å². The molecule has 0 radical (unpaired) electrons. The minimum absolute atomic E-state index is 0.00775. The molecule has 0 aliphatic carbocycles. The van der Waals surface area contributed by atoms with E-state index in [0.29, 0.717) is 5.56 Å². The van der Waals surface area contributed by atoms with Crippen molar-refractivity contribution in [1.82, 2.24) is 10.2 Å². The summed E-state index contributed by atoms with van der Waals surface area (Å²) in [6, 6.07) is 8.92. The maximum absolute atomic E-state index is 11.9. The van der Waals surface area contributed by atoms with Crippen LogP contribution in [0.3, 0.4) is 0 Å². The van der Waals surface area contributed by atoms with Crippen LogP contribution in [0, 0.1) is 11.3 Å². The van der Waals surface area contributed by atoms with Crippen LogP contribution in [0.2, 0.25) is 0 Å². The average Bonchev–Trinajstić information content (AvgIpc) is 2.43. The lowest BCUT2D eigenvalue weighted by molar-refractivity contribution is -0.131. The van der Waals surface area contributed by atoms with Gasteiger partial charge in [0.15, 0.2) is 0 Å². The summed E-state index contributed by atoms with van der Waals surface area (Å²) in [5.41, 5.74) is 1.07. The largest absolute Gasteiger partial charge is 0.350 e. The monoisotopic (exact) mass is 299 g/mol. The standard InChI is InChI=1S/C17H21N3O2/c1-17(2,3)19-15(21)12-20(4)16(22)10-9-13-5-7-14(11-18)8-6-13/h5-10H,12H2,1-4H3,(H,19,21)/b10-9+. The van der Waals surface area contributed by atoms with Crippen LogP contribution in [0.15, 0.2) is 30.3 Å². The number of likely N-dealkylation sites (N-methyl/N-ethyl adjacent to an activating group) is 1. The first-order valence-corrected chi connectivity index (χ1v) is 6.95. The van der Waals surface area contributed by atoms with E-state index < -0.39 is 0 Å². The van der Waals surface area contributed by atoms with E-state index in [4.69, 9.17) is 5.26 Å². The molecule has 1 aromatic rings. The van der Waals surface area contributed by atoms with Crippen molar-refractivity contribution >= 4 is 17.9 Å². The van der Waals surface area contributed by atoms with Gasteiger partial charge in [0.2, 0.25) is 11.8 Å². The van der Waals surface area contributed by atoms with E-state index in [0.717, 1.165) is 5.56 Å². The van der Waals surface area contributed by atoms with Gasteiger partial charge >= 0.3 is 0 Å². The molecule has 22 heavy (non-hydrogen) atoms. The fourth-order valence-electron chi connectivity index (χ4n) is 1.71. The molecule has 0 saturated heterocycles. The Morgan fingerprint density at radius 1 is 1.27 bits per heavy atom. The molecule has 5 heteroatoms. The Morgan fingerprint density at radius 3 is 2.36 bits per heavy atom. The summed E-state index contributed by atoms with van der Waals surface area (Å²) in [6.07, 6.45) is 3.06. The first-order chi connectivity index (χ1) is 10.2. The molecular weight excluding hydrogens is 278 g/mol. The summed E-state index contributed by atoms with van der Waals surface area (Å²) in [6.45, 7) is 5.67. The number of amides is 2. The fraction of sp³-hybridized carbons (Fsp3) is 0.353. The van der Waals surface area contributed by atoms with Crippen molar-refractivity contribution in [3.63, 3.8) is 0 Å². The quantitative estimate of drug-likeness (QED) is 0.864. The van der Waals surface area contributed by atoms with Crippen molar-refractivity contribution < 1.29 is 9.59 Å². The molecule has 116 valence electrons. The summed E-state index contributed by atoms with van der Waals surface area (Å²) < 4.78 is 0. The van der Waals surface area contributed by atoms with Gasteiger partial charge in [0.25, 0.3) is 0 Å². The molecular formula is C17H21N3O2. The lowest BCUT2D eigenvalue weighted by atomic mass is 10.1. The van der Waals surface area contributed by atoms with E-state index >= 15 is 0 Å². The summed E-state index contributed by atoms with van der Waals surface area (Å²) in [5.74, 6) is -0.455. The van der Waals surface area contributed by atoms with Crippen LogP contribution in [0.1, 0.15) is 31.9 Å². The maximum Gasteiger partial charge on any atom is 0.246 e. The number of nitrogens with zero attached hydrogens (tertiary/aromatic N) is 2. The number of nitriles is 1. The number of hydrogen-bond donors (Lipinski definition) is 1. The smallest absolute Gasteiger partial charge is 0.246 e. The van der Waals surface area contributed by atoms with E-state index in [1.54, 1.807) is 37.4 Å². The molecule has 0 fully saturated rings. The van der Waals surface area contributed by atoms with Crippen LogP contribution in [0.4, 0.5) is 0 Å². The van der Waals surface area contributed by atoms with Crippen LogP contribution in [-0.4, -0.2) is 35.8 Å². The van der Waals surface area contributed by atoms with E-state index in [1.807, 2.05) is 26.8 Å². The van der Waals surface area contributed by atoms with Gasteiger partial charge in [0.1, 0.15) is 0 Å².